The van der Waals surface area contributed by atoms with Crippen molar-refractivity contribution < 1.29 is 19.1 Å². The van der Waals surface area contributed by atoms with Crippen LogP contribution in [0.5, 0.6) is 11.5 Å². The molecule has 0 saturated carbocycles. The smallest absolute Gasteiger partial charge is 0.241 e. The molecule has 1 aromatic carbocycles. The largest absolute Gasteiger partial charge is 0.493 e. The van der Waals surface area contributed by atoms with Gasteiger partial charge in [-0.3, -0.25) is 14.5 Å². The first-order valence-electron chi connectivity index (χ1n) is 10.3. The number of carbonyl (C=O) groups excluding carboxylic acids is 2. The normalized spacial score (nSPS) is 16.5. The van der Waals surface area contributed by atoms with E-state index in [9.17, 15) is 9.59 Å². The second-order valence-electron chi connectivity index (χ2n) is 7.68. The maximum atomic E-state index is 13.0. The van der Waals surface area contributed by atoms with Gasteiger partial charge in [0.05, 0.1) is 20.8 Å². The van der Waals surface area contributed by atoms with Crippen LogP contribution in [-0.4, -0.2) is 87.0 Å². The summed E-state index contributed by atoms with van der Waals surface area (Å²) in [5.41, 5.74) is 1.01. The summed E-state index contributed by atoms with van der Waals surface area (Å²) in [6.45, 7) is 4.92. The molecule has 1 aromatic rings. The van der Waals surface area contributed by atoms with Gasteiger partial charge in [0.25, 0.3) is 0 Å². The lowest BCUT2D eigenvalue weighted by molar-refractivity contribution is -0.139. The Morgan fingerprint density at radius 1 is 1.14 bits per heavy atom. The Morgan fingerprint density at radius 2 is 1.86 bits per heavy atom. The van der Waals surface area contributed by atoms with Crippen LogP contribution in [0.2, 0.25) is 0 Å². The summed E-state index contributed by atoms with van der Waals surface area (Å²) in [7, 11) is 6.65. The molecule has 2 rings (SSSR count). The standard InChI is InChI=1S/C22H35N3O4/c1-6-24-13-7-8-18(24)15-25(16-22(27)23(2)3)21(26)12-10-17-9-11-19(28-4)20(14-17)29-5/h9,11,14,18H,6-8,10,12-13,15-16H2,1-5H3/t18-/m1/s1. The Labute approximate surface area is 174 Å². The number of aryl methyl sites for hydroxylation is 1. The Balaban J connectivity index is 2.05. The predicted molar refractivity (Wildman–Crippen MR) is 113 cm³/mol. The van der Waals surface area contributed by atoms with Crippen LogP contribution in [0.3, 0.4) is 0 Å². The van der Waals surface area contributed by atoms with Gasteiger partial charge in [0.2, 0.25) is 11.8 Å². The van der Waals surface area contributed by atoms with E-state index in [0.717, 1.165) is 31.5 Å². The van der Waals surface area contributed by atoms with E-state index in [0.29, 0.717) is 36.9 Å². The molecule has 2 amide bonds. The van der Waals surface area contributed by atoms with Crippen LogP contribution in [0.25, 0.3) is 0 Å². The molecule has 1 fully saturated rings. The van der Waals surface area contributed by atoms with E-state index in [1.54, 1.807) is 38.1 Å². The molecule has 0 N–H and O–H groups in total. The van der Waals surface area contributed by atoms with Gasteiger partial charge >= 0.3 is 0 Å². The highest BCUT2D eigenvalue weighted by Gasteiger charge is 2.28. The zero-order valence-corrected chi connectivity index (χ0v) is 18.4. The van der Waals surface area contributed by atoms with Gasteiger partial charge in [-0.25, -0.2) is 0 Å². The molecule has 0 unspecified atom stereocenters. The number of ether oxygens (including phenoxy) is 2. The van der Waals surface area contributed by atoms with Gasteiger partial charge < -0.3 is 19.3 Å². The molecule has 162 valence electrons. The van der Waals surface area contributed by atoms with Crippen molar-refractivity contribution in [2.75, 3.05) is 54.5 Å². The first-order chi connectivity index (χ1) is 13.9. The molecule has 0 aromatic heterocycles. The number of hydrogen-bond donors (Lipinski definition) is 0. The molecular weight excluding hydrogens is 370 g/mol. The van der Waals surface area contributed by atoms with Gasteiger partial charge in [-0.2, -0.15) is 0 Å². The molecule has 1 aliphatic heterocycles. The number of amides is 2. The minimum atomic E-state index is -0.0505. The molecule has 7 heteroatoms. The van der Waals surface area contributed by atoms with Crippen LogP contribution >= 0.6 is 0 Å². The first-order valence-corrected chi connectivity index (χ1v) is 10.3. The molecule has 0 radical (unpaired) electrons. The molecule has 0 spiro atoms. The molecule has 1 heterocycles. The Kier molecular flexibility index (Phi) is 8.76. The highest BCUT2D eigenvalue weighted by atomic mass is 16.5. The lowest BCUT2D eigenvalue weighted by Gasteiger charge is -2.30. The third kappa shape index (κ3) is 6.35. The molecule has 1 aliphatic rings. The van der Waals surface area contributed by atoms with Gasteiger partial charge in [-0.1, -0.05) is 13.0 Å². The van der Waals surface area contributed by atoms with Crippen molar-refractivity contribution in [3.63, 3.8) is 0 Å². The van der Waals surface area contributed by atoms with Crippen LogP contribution in [-0.2, 0) is 16.0 Å². The second-order valence-corrected chi connectivity index (χ2v) is 7.68. The monoisotopic (exact) mass is 405 g/mol. The van der Waals surface area contributed by atoms with Gasteiger partial charge in [0.1, 0.15) is 0 Å². The molecule has 29 heavy (non-hydrogen) atoms. The van der Waals surface area contributed by atoms with Crippen molar-refractivity contribution in [3.8, 4) is 11.5 Å². The van der Waals surface area contributed by atoms with Crippen molar-refractivity contribution in [2.24, 2.45) is 0 Å². The second kappa shape index (κ2) is 11.0. The number of nitrogens with zero attached hydrogens (tertiary/aromatic N) is 3. The summed E-state index contributed by atoms with van der Waals surface area (Å²) in [5.74, 6) is 1.28. The summed E-state index contributed by atoms with van der Waals surface area (Å²) >= 11 is 0. The number of benzene rings is 1. The van der Waals surface area contributed by atoms with E-state index in [1.807, 2.05) is 18.2 Å². The first kappa shape index (κ1) is 23.0. The third-order valence-electron chi connectivity index (χ3n) is 5.59. The summed E-state index contributed by atoms with van der Waals surface area (Å²) in [6, 6.07) is 6.03. The van der Waals surface area contributed by atoms with E-state index < -0.39 is 0 Å². The lowest BCUT2D eigenvalue weighted by atomic mass is 10.1. The van der Waals surface area contributed by atoms with Crippen molar-refractivity contribution >= 4 is 11.8 Å². The molecule has 7 nitrogen and oxygen atoms in total. The molecule has 0 bridgehead atoms. The van der Waals surface area contributed by atoms with Crippen LogP contribution < -0.4 is 9.47 Å². The maximum absolute atomic E-state index is 13.0. The minimum absolute atomic E-state index is 0.0120. The van der Waals surface area contributed by atoms with E-state index in [-0.39, 0.29) is 18.4 Å². The van der Waals surface area contributed by atoms with Crippen LogP contribution in [0, 0.1) is 0 Å². The van der Waals surface area contributed by atoms with Crippen molar-refractivity contribution in [3.05, 3.63) is 23.8 Å². The molecule has 1 saturated heterocycles. The third-order valence-corrected chi connectivity index (χ3v) is 5.59. The maximum Gasteiger partial charge on any atom is 0.241 e. The Bertz CT molecular complexity index is 693. The van der Waals surface area contributed by atoms with Gasteiger partial charge in [0, 0.05) is 33.1 Å². The Hall–Kier alpha value is -2.28. The zero-order chi connectivity index (χ0) is 21.4. The fourth-order valence-corrected chi connectivity index (χ4v) is 3.78. The van der Waals surface area contributed by atoms with Crippen molar-refractivity contribution in [2.45, 2.75) is 38.6 Å². The summed E-state index contributed by atoms with van der Waals surface area (Å²) in [4.78, 5) is 31.0. The van der Waals surface area contributed by atoms with E-state index in [4.69, 9.17) is 9.47 Å². The van der Waals surface area contributed by atoms with E-state index in [2.05, 4.69) is 11.8 Å². The average Bonchev–Trinajstić information content (AvgIpc) is 3.18. The quantitative estimate of drug-likeness (QED) is 0.596. The summed E-state index contributed by atoms with van der Waals surface area (Å²) < 4.78 is 10.6. The van der Waals surface area contributed by atoms with Crippen LogP contribution in [0.4, 0.5) is 0 Å². The van der Waals surface area contributed by atoms with Gasteiger partial charge in [0.15, 0.2) is 11.5 Å². The number of likely N-dealkylation sites (N-methyl/N-ethyl adjacent to an activating group) is 2. The number of likely N-dealkylation sites (tertiary alicyclic amines) is 1. The fraction of sp³-hybridized carbons (Fsp3) is 0.636. The van der Waals surface area contributed by atoms with Crippen molar-refractivity contribution in [1.82, 2.24) is 14.7 Å². The summed E-state index contributed by atoms with van der Waals surface area (Å²) in [5, 5.41) is 0. The van der Waals surface area contributed by atoms with Gasteiger partial charge in [-0.05, 0) is 50.0 Å². The number of hydrogen-bond acceptors (Lipinski definition) is 5. The lowest BCUT2D eigenvalue weighted by Crippen LogP contribution is -2.47. The Morgan fingerprint density at radius 3 is 2.48 bits per heavy atom. The number of methoxy groups -OCH3 is 2. The molecule has 0 aliphatic carbocycles. The zero-order valence-electron chi connectivity index (χ0n) is 18.4. The molecule has 1 atom stereocenters. The highest BCUT2D eigenvalue weighted by Crippen LogP contribution is 2.28. The van der Waals surface area contributed by atoms with Crippen molar-refractivity contribution in [1.29, 1.82) is 0 Å². The molecular formula is C22H35N3O4. The van der Waals surface area contributed by atoms with Crippen LogP contribution in [0.15, 0.2) is 18.2 Å². The fourth-order valence-electron chi connectivity index (χ4n) is 3.78. The number of carbonyl (C=O) groups is 2. The van der Waals surface area contributed by atoms with Gasteiger partial charge in [-0.15, -0.1) is 0 Å². The topological polar surface area (TPSA) is 62.3 Å². The van der Waals surface area contributed by atoms with E-state index >= 15 is 0 Å². The SMILES string of the molecule is CCN1CCC[C@@H]1CN(CC(=O)N(C)C)C(=O)CCc1ccc(OC)c(OC)c1. The predicted octanol–water partition coefficient (Wildman–Crippen LogP) is 2.04. The summed E-state index contributed by atoms with van der Waals surface area (Å²) in [6.07, 6.45) is 3.17. The average molecular weight is 406 g/mol. The number of rotatable bonds is 10. The van der Waals surface area contributed by atoms with E-state index in [1.165, 1.54) is 0 Å². The highest BCUT2D eigenvalue weighted by molar-refractivity contribution is 5.84. The van der Waals surface area contributed by atoms with Crippen LogP contribution in [0.1, 0.15) is 31.7 Å². The minimum Gasteiger partial charge on any atom is -0.493 e.